The summed E-state index contributed by atoms with van der Waals surface area (Å²) in [5, 5.41) is 14.0. The number of carbonyl (C=O) groups excluding carboxylic acids is 2. The summed E-state index contributed by atoms with van der Waals surface area (Å²) in [5.74, 6) is -0.739. The van der Waals surface area contributed by atoms with Gasteiger partial charge in [0.2, 0.25) is 0 Å². The lowest BCUT2D eigenvalue weighted by atomic mass is 10.2. The number of halogens is 1. The highest BCUT2D eigenvalue weighted by molar-refractivity contribution is 7.99. The van der Waals surface area contributed by atoms with Gasteiger partial charge in [0, 0.05) is 16.7 Å². The molecule has 1 unspecified atom stereocenters. The van der Waals surface area contributed by atoms with E-state index < -0.39 is 22.9 Å². The molecular weight excluding hydrogens is 392 g/mol. The Labute approximate surface area is 165 Å². The first kappa shape index (κ1) is 20.7. The maximum atomic E-state index is 12.1. The van der Waals surface area contributed by atoms with Gasteiger partial charge in [-0.2, -0.15) is 0 Å². The summed E-state index contributed by atoms with van der Waals surface area (Å²) >= 11 is 7.45. The van der Waals surface area contributed by atoms with Crippen LogP contribution in [0.2, 0.25) is 5.02 Å². The minimum Gasteiger partial charge on any atom is -0.453 e. The number of nitrogens with one attached hydrogen (secondary N) is 1. The van der Waals surface area contributed by atoms with Gasteiger partial charge in [0.1, 0.15) is 5.69 Å². The Hall–Kier alpha value is -2.58. The second-order valence-corrected chi connectivity index (χ2v) is 6.97. The number of hydrogen-bond acceptors (Lipinski definition) is 6. The summed E-state index contributed by atoms with van der Waals surface area (Å²) in [5.41, 5.74) is -0.190. The van der Waals surface area contributed by atoms with E-state index >= 15 is 0 Å². The molecule has 7 nitrogen and oxygen atoms in total. The Kier molecular flexibility index (Phi) is 7.63. The summed E-state index contributed by atoms with van der Waals surface area (Å²) in [6, 6.07) is 13.0. The third-order valence-corrected chi connectivity index (χ3v) is 4.95. The fraction of sp³-hybridized carbons (Fsp3) is 0.222. The van der Waals surface area contributed by atoms with Crippen molar-refractivity contribution in [1.29, 1.82) is 0 Å². The first-order chi connectivity index (χ1) is 12.9. The molecular formula is C18H17ClN2O5S. The number of anilines is 1. The number of thioether (sulfide) groups is 1. The van der Waals surface area contributed by atoms with Crippen molar-refractivity contribution in [3.63, 3.8) is 0 Å². The Balaban J connectivity index is 1.83. The number of amides is 1. The molecule has 0 saturated heterocycles. The number of nitro groups is 1. The molecule has 0 spiro atoms. The van der Waals surface area contributed by atoms with E-state index in [4.69, 9.17) is 16.3 Å². The molecule has 1 amide bonds. The van der Waals surface area contributed by atoms with E-state index in [-0.39, 0.29) is 17.8 Å². The van der Waals surface area contributed by atoms with Gasteiger partial charge in [0.15, 0.2) is 6.10 Å². The Morgan fingerprint density at radius 3 is 2.59 bits per heavy atom. The van der Waals surface area contributed by atoms with E-state index in [0.29, 0.717) is 10.8 Å². The molecule has 0 radical (unpaired) electrons. The minimum absolute atomic E-state index is 0.0460. The zero-order valence-electron chi connectivity index (χ0n) is 14.4. The highest BCUT2D eigenvalue weighted by Crippen LogP contribution is 2.27. The van der Waals surface area contributed by atoms with Crippen LogP contribution in [0.3, 0.4) is 0 Å². The van der Waals surface area contributed by atoms with Crippen molar-refractivity contribution in [2.45, 2.75) is 24.3 Å². The van der Waals surface area contributed by atoms with Crippen LogP contribution in [0, 0.1) is 10.1 Å². The summed E-state index contributed by atoms with van der Waals surface area (Å²) < 4.78 is 5.09. The van der Waals surface area contributed by atoms with Crippen LogP contribution < -0.4 is 5.32 Å². The Morgan fingerprint density at radius 2 is 1.89 bits per heavy atom. The molecule has 2 aromatic rings. The lowest BCUT2D eigenvalue weighted by Crippen LogP contribution is -2.30. The van der Waals surface area contributed by atoms with Crippen molar-refractivity contribution in [1.82, 2.24) is 0 Å². The molecule has 0 aliphatic carbocycles. The van der Waals surface area contributed by atoms with Crippen LogP contribution in [0.15, 0.2) is 53.4 Å². The van der Waals surface area contributed by atoms with Crippen molar-refractivity contribution < 1.29 is 19.2 Å². The molecule has 0 aromatic heterocycles. The summed E-state index contributed by atoms with van der Waals surface area (Å²) in [6.45, 7) is 1.41. The third kappa shape index (κ3) is 6.26. The number of nitro benzene ring substituents is 1. The van der Waals surface area contributed by atoms with Gasteiger partial charge in [-0.05, 0) is 25.1 Å². The number of rotatable bonds is 8. The largest absolute Gasteiger partial charge is 0.453 e. The average molecular weight is 409 g/mol. The van der Waals surface area contributed by atoms with Gasteiger partial charge in [-0.15, -0.1) is 11.8 Å². The van der Waals surface area contributed by atoms with Gasteiger partial charge >= 0.3 is 5.97 Å². The van der Waals surface area contributed by atoms with E-state index in [1.54, 1.807) is 12.1 Å². The molecule has 0 aliphatic heterocycles. The Morgan fingerprint density at radius 1 is 1.22 bits per heavy atom. The standard InChI is InChI=1S/C18H17ClN2O5S/c1-12(18(23)20-14-7-3-4-8-15(14)21(24)25)26-17(22)10-11-27-16-9-5-2-6-13(16)19/h2-9,12H,10-11H2,1H3,(H,20,23). The summed E-state index contributed by atoms with van der Waals surface area (Å²) in [7, 11) is 0. The van der Waals surface area contributed by atoms with E-state index in [0.717, 1.165) is 4.90 Å². The van der Waals surface area contributed by atoms with Gasteiger partial charge in [-0.25, -0.2) is 0 Å². The molecule has 0 fully saturated rings. The highest BCUT2D eigenvalue weighted by atomic mass is 35.5. The summed E-state index contributed by atoms with van der Waals surface area (Å²) in [4.78, 5) is 35.3. The number of nitrogens with zero attached hydrogens (tertiary/aromatic N) is 1. The van der Waals surface area contributed by atoms with E-state index in [1.807, 2.05) is 18.2 Å². The maximum absolute atomic E-state index is 12.1. The fourth-order valence-electron chi connectivity index (χ4n) is 2.09. The molecule has 0 saturated carbocycles. The van der Waals surface area contributed by atoms with Crippen molar-refractivity contribution in [3.05, 3.63) is 63.7 Å². The normalized spacial score (nSPS) is 11.5. The molecule has 2 rings (SSSR count). The van der Waals surface area contributed by atoms with Crippen LogP contribution in [0.25, 0.3) is 0 Å². The molecule has 9 heteroatoms. The van der Waals surface area contributed by atoms with Crippen LogP contribution in [-0.2, 0) is 14.3 Å². The van der Waals surface area contributed by atoms with Gasteiger partial charge in [-0.3, -0.25) is 19.7 Å². The topological polar surface area (TPSA) is 98.5 Å². The number of esters is 1. The number of hydrogen-bond donors (Lipinski definition) is 1. The van der Waals surface area contributed by atoms with Crippen LogP contribution in [0.5, 0.6) is 0 Å². The highest BCUT2D eigenvalue weighted by Gasteiger charge is 2.21. The van der Waals surface area contributed by atoms with E-state index in [9.17, 15) is 19.7 Å². The lowest BCUT2D eigenvalue weighted by Gasteiger charge is -2.13. The monoisotopic (exact) mass is 408 g/mol. The maximum Gasteiger partial charge on any atom is 0.307 e. The van der Waals surface area contributed by atoms with Crippen LogP contribution in [0.4, 0.5) is 11.4 Å². The predicted octanol–water partition coefficient (Wildman–Crippen LogP) is 4.30. The smallest absolute Gasteiger partial charge is 0.307 e. The summed E-state index contributed by atoms with van der Waals surface area (Å²) in [6.07, 6.45) is -0.985. The van der Waals surface area contributed by atoms with Gasteiger partial charge in [0.05, 0.1) is 16.4 Å². The second-order valence-electron chi connectivity index (χ2n) is 5.42. The molecule has 142 valence electrons. The fourth-order valence-corrected chi connectivity index (χ4v) is 3.26. The van der Waals surface area contributed by atoms with E-state index in [2.05, 4.69) is 5.32 Å². The number of ether oxygens (including phenoxy) is 1. The van der Waals surface area contributed by atoms with Gasteiger partial charge in [-0.1, -0.05) is 35.9 Å². The minimum atomic E-state index is -1.08. The third-order valence-electron chi connectivity index (χ3n) is 3.44. The van der Waals surface area contributed by atoms with Gasteiger partial charge < -0.3 is 10.1 Å². The molecule has 1 atom stereocenters. The number of para-hydroxylation sites is 2. The van der Waals surface area contributed by atoms with Crippen molar-refractivity contribution in [2.24, 2.45) is 0 Å². The first-order valence-electron chi connectivity index (χ1n) is 7.99. The Bertz CT molecular complexity index is 846. The zero-order valence-corrected chi connectivity index (χ0v) is 16.0. The van der Waals surface area contributed by atoms with Crippen LogP contribution >= 0.6 is 23.4 Å². The van der Waals surface area contributed by atoms with Crippen LogP contribution in [-0.4, -0.2) is 28.7 Å². The molecule has 27 heavy (non-hydrogen) atoms. The SMILES string of the molecule is CC(OC(=O)CCSc1ccccc1Cl)C(=O)Nc1ccccc1[N+](=O)[O-]. The van der Waals surface area contributed by atoms with Crippen LogP contribution in [0.1, 0.15) is 13.3 Å². The quantitative estimate of drug-likeness (QED) is 0.302. The number of carbonyl (C=O) groups is 2. The van der Waals surface area contributed by atoms with Crippen molar-refractivity contribution >= 4 is 46.6 Å². The lowest BCUT2D eigenvalue weighted by molar-refractivity contribution is -0.383. The molecule has 0 heterocycles. The molecule has 0 bridgehead atoms. The van der Waals surface area contributed by atoms with Crippen molar-refractivity contribution in [2.75, 3.05) is 11.1 Å². The zero-order chi connectivity index (χ0) is 19.8. The van der Waals surface area contributed by atoms with Gasteiger partial charge in [0.25, 0.3) is 11.6 Å². The van der Waals surface area contributed by atoms with Crippen molar-refractivity contribution in [3.8, 4) is 0 Å². The average Bonchev–Trinajstić information content (AvgIpc) is 2.63. The molecule has 1 N–H and O–H groups in total. The predicted molar refractivity (Wildman–Crippen MR) is 104 cm³/mol. The first-order valence-corrected chi connectivity index (χ1v) is 9.36. The second kappa shape index (κ2) is 9.94. The molecule has 2 aromatic carbocycles. The number of benzene rings is 2. The van der Waals surface area contributed by atoms with E-state index in [1.165, 1.54) is 36.9 Å². The molecule has 0 aliphatic rings.